The van der Waals surface area contributed by atoms with E-state index in [2.05, 4.69) is 16.0 Å². The Kier molecular flexibility index (Phi) is 6.24. The molecule has 30 heavy (non-hydrogen) atoms. The van der Waals surface area contributed by atoms with Gasteiger partial charge >= 0.3 is 0 Å². The van der Waals surface area contributed by atoms with Gasteiger partial charge in [-0.3, -0.25) is 0 Å². The first kappa shape index (κ1) is 20.7. The van der Waals surface area contributed by atoms with Crippen LogP contribution in [0.3, 0.4) is 0 Å². The topological polar surface area (TPSA) is 69.4 Å². The molecule has 1 aromatic carbocycles. The molecule has 1 saturated heterocycles. The molecule has 1 saturated carbocycles. The number of hydrogen-bond donors (Lipinski definition) is 1. The number of aliphatic hydroxyl groups excluding tert-OH is 1. The Morgan fingerprint density at radius 1 is 1.20 bits per heavy atom. The molecule has 2 aromatic rings. The Morgan fingerprint density at radius 2 is 1.97 bits per heavy atom. The van der Waals surface area contributed by atoms with E-state index in [9.17, 15) is 10.4 Å². The Hall–Kier alpha value is -2.58. The van der Waals surface area contributed by atoms with Crippen molar-refractivity contribution in [1.82, 2.24) is 4.98 Å². The minimum Gasteiger partial charge on any atom is -0.439 e. The predicted octanol–water partition coefficient (Wildman–Crippen LogP) is 5.21. The summed E-state index contributed by atoms with van der Waals surface area (Å²) in [6, 6.07) is 11.9. The van der Waals surface area contributed by atoms with Gasteiger partial charge in [-0.15, -0.1) is 0 Å². The van der Waals surface area contributed by atoms with Crippen LogP contribution in [-0.2, 0) is 0 Å². The molecule has 1 aliphatic carbocycles. The molecule has 2 heterocycles. The van der Waals surface area contributed by atoms with Gasteiger partial charge in [-0.25, -0.2) is 4.98 Å². The smallest absolute Gasteiger partial charge is 0.222 e. The Morgan fingerprint density at radius 3 is 2.63 bits per heavy atom. The highest BCUT2D eigenvalue weighted by Crippen LogP contribution is 2.47. The van der Waals surface area contributed by atoms with Crippen LogP contribution in [0.15, 0.2) is 36.5 Å². The number of aliphatic hydroxyl groups is 1. The van der Waals surface area contributed by atoms with Crippen molar-refractivity contribution in [2.75, 3.05) is 24.6 Å². The number of pyridine rings is 1. The molecule has 0 unspecified atom stereocenters. The molecule has 158 valence electrons. The van der Waals surface area contributed by atoms with E-state index in [1.807, 2.05) is 37.3 Å². The lowest BCUT2D eigenvalue weighted by Gasteiger charge is -2.46. The largest absolute Gasteiger partial charge is 0.439 e. The monoisotopic (exact) mass is 405 g/mol. The quantitative estimate of drug-likeness (QED) is 0.739. The van der Waals surface area contributed by atoms with Gasteiger partial charge in [-0.05, 0) is 81.4 Å². The molecular weight excluding hydrogens is 374 g/mol. The lowest BCUT2D eigenvalue weighted by Crippen LogP contribution is -2.42. The highest BCUT2D eigenvalue weighted by atomic mass is 16.5. The van der Waals surface area contributed by atoms with E-state index in [-0.39, 0.29) is 0 Å². The number of nitrogens with zero attached hydrogens (tertiary/aromatic N) is 3. The molecule has 0 bridgehead atoms. The van der Waals surface area contributed by atoms with Crippen molar-refractivity contribution in [2.24, 2.45) is 11.3 Å². The van der Waals surface area contributed by atoms with E-state index in [0.717, 1.165) is 36.5 Å². The van der Waals surface area contributed by atoms with Crippen LogP contribution in [0.5, 0.6) is 11.6 Å². The summed E-state index contributed by atoms with van der Waals surface area (Å²) in [6.45, 7) is 4.25. The van der Waals surface area contributed by atoms with E-state index < -0.39 is 0 Å². The van der Waals surface area contributed by atoms with Crippen LogP contribution in [0, 0.1) is 29.6 Å². The van der Waals surface area contributed by atoms with Gasteiger partial charge in [0.15, 0.2) is 0 Å². The third kappa shape index (κ3) is 4.44. The van der Waals surface area contributed by atoms with Gasteiger partial charge in [0.2, 0.25) is 5.88 Å². The molecule has 2 fully saturated rings. The molecule has 0 amide bonds. The van der Waals surface area contributed by atoms with Gasteiger partial charge in [-0.2, -0.15) is 5.26 Å². The summed E-state index contributed by atoms with van der Waals surface area (Å²) in [5.74, 6) is 2.02. The van der Waals surface area contributed by atoms with E-state index in [1.54, 1.807) is 6.20 Å². The van der Waals surface area contributed by atoms with Crippen molar-refractivity contribution < 1.29 is 9.84 Å². The molecule has 1 N–H and O–H groups in total. The van der Waals surface area contributed by atoms with Crippen LogP contribution < -0.4 is 9.64 Å². The van der Waals surface area contributed by atoms with Crippen molar-refractivity contribution >= 4 is 5.69 Å². The second-order valence-electron chi connectivity index (χ2n) is 8.96. The SMILES string of the molecule is Cc1cccnc1Oc1ccc(C#N)c(N2CCC3(CCC(CCO)CC3)CC2)c1. The number of nitriles is 1. The van der Waals surface area contributed by atoms with Crippen molar-refractivity contribution in [3.05, 3.63) is 47.7 Å². The zero-order valence-electron chi connectivity index (χ0n) is 17.8. The van der Waals surface area contributed by atoms with Crippen molar-refractivity contribution in [2.45, 2.75) is 51.9 Å². The first-order chi connectivity index (χ1) is 14.6. The van der Waals surface area contributed by atoms with Crippen LogP contribution in [0.1, 0.15) is 56.1 Å². The molecule has 1 aliphatic heterocycles. The number of rotatable bonds is 5. The first-order valence-electron chi connectivity index (χ1n) is 11.1. The highest BCUT2D eigenvalue weighted by Gasteiger charge is 2.38. The van der Waals surface area contributed by atoms with Gasteiger partial charge in [0.05, 0.1) is 11.3 Å². The lowest BCUT2D eigenvalue weighted by molar-refractivity contribution is 0.102. The summed E-state index contributed by atoms with van der Waals surface area (Å²) in [4.78, 5) is 6.67. The third-order valence-corrected chi connectivity index (χ3v) is 7.13. The molecule has 4 rings (SSSR count). The summed E-state index contributed by atoms with van der Waals surface area (Å²) in [7, 11) is 0. The van der Waals surface area contributed by atoms with E-state index in [0.29, 0.717) is 29.4 Å². The normalized spacial score (nSPS) is 18.9. The first-order valence-corrected chi connectivity index (χ1v) is 11.1. The molecule has 1 spiro atoms. The van der Waals surface area contributed by atoms with Gasteiger partial charge in [0.25, 0.3) is 0 Å². The summed E-state index contributed by atoms with van der Waals surface area (Å²) in [5, 5.41) is 18.9. The zero-order chi connectivity index (χ0) is 21.0. The second kappa shape index (κ2) is 9.06. The van der Waals surface area contributed by atoms with E-state index in [1.165, 1.54) is 38.5 Å². The number of ether oxygens (including phenoxy) is 1. The van der Waals surface area contributed by atoms with Crippen LogP contribution in [-0.4, -0.2) is 29.8 Å². The van der Waals surface area contributed by atoms with Crippen LogP contribution in [0.2, 0.25) is 0 Å². The Bertz CT molecular complexity index is 903. The van der Waals surface area contributed by atoms with Gasteiger partial charge in [0, 0.05) is 37.5 Å². The molecule has 5 nitrogen and oxygen atoms in total. The van der Waals surface area contributed by atoms with Crippen molar-refractivity contribution in [1.29, 1.82) is 5.26 Å². The molecular formula is C25H31N3O2. The Labute approximate surface area is 179 Å². The summed E-state index contributed by atoms with van der Waals surface area (Å²) >= 11 is 0. The van der Waals surface area contributed by atoms with Crippen molar-refractivity contribution in [3.8, 4) is 17.7 Å². The standard InChI is InChI=1S/C25H31N3O2/c1-19-3-2-13-27-24(19)30-22-5-4-21(18-26)23(17-22)28-14-11-25(12-15-28)9-6-20(7-10-25)8-16-29/h2-5,13,17,20,29H,6-12,14-16H2,1H3. The minimum absolute atomic E-state index is 0.318. The average Bonchev–Trinajstić information content (AvgIpc) is 2.78. The third-order valence-electron chi connectivity index (χ3n) is 7.13. The van der Waals surface area contributed by atoms with E-state index in [4.69, 9.17) is 4.74 Å². The van der Waals surface area contributed by atoms with Crippen LogP contribution >= 0.6 is 0 Å². The van der Waals surface area contributed by atoms with Crippen LogP contribution in [0.4, 0.5) is 5.69 Å². The Balaban J connectivity index is 1.45. The van der Waals surface area contributed by atoms with Gasteiger partial charge in [0.1, 0.15) is 11.8 Å². The number of aromatic nitrogens is 1. The van der Waals surface area contributed by atoms with Gasteiger partial charge in [-0.1, -0.05) is 6.07 Å². The number of aryl methyl sites for hydroxylation is 1. The number of anilines is 1. The fraction of sp³-hybridized carbons (Fsp3) is 0.520. The predicted molar refractivity (Wildman–Crippen MR) is 118 cm³/mol. The van der Waals surface area contributed by atoms with Gasteiger partial charge < -0.3 is 14.7 Å². The number of hydrogen-bond acceptors (Lipinski definition) is 5. The van der Waals surface area contributed by atoms with E-state index >= 15 is 0 Å². The molecule has 0 atom stereocenters. The number of benzene rings is 1. The minimum atomic E-state index is 0.318. The maximum atomic E-state index is 9.65. The summed E-state index contributed by atoms with van der Waals surface area (Å²) in [5.41, 5.74) is 3.10. The molecule has 2 aliphatic rings. The second-order valence-corrected chi connectivity index (χ2v) is 8.96. The molecule has 5 heteroatoms. The molecule has 1 aromatic heterocycles. The van der Waals surface area contributed by atoms with Crippen molar-refractivity contribution in [3.63, 3.8) is 0 Å². The maximum absolute atomic E-state index is 9.65. The highest BCUT2D eigenvalue weighted by molar-refractivity contribution is 5.62. The fourth-order valence-electron chi connectivity index (χ4n) is 5.10. The lowest BCUT2D eigenvalue weighted by atomic mass is 9.65. The van der Waals surface area contributed by atoms with Crippen LogP contribution in [0.25, 0.3) is 0 Å². The average molecular weight is 406 g/mol. The maximum Gasteiger partial charge on any atom is 0.222 e. The number of piperidine rings is 1. The fourth-order valence-corrected chi connectivity index (χ4v) is 5.10. The summed E-state index contributed by atoms with van der Waals surface area (Å²) in [6.07, 6.45) is 10.1. The summed E-state index contributed by atoms with van der Waals surface area (Å²) < 4.78 is 6.02. The zero-order valence-corrected chi connectivity index (χ0v) is 17.8. The molecule has 0 radical (unpaired) electrons.